The fraction of sp³-hybridized carbons (Fsp3) is 0.100. The van der Waals surface area contributed by atoms with Crippen LogP contribution in [0, 0.1) is 10.1 Å². The number of nitrogens with zero attached hydrogens (tertiary/aromatic N) is 2. The minimum absolute atomic E-state index is 0.126. The van der Waals surface area contributed by atoms with Gasteiger partial charge in [-0.05, 0) is 29.8 Å². The monoisotopic (exact) mass is 451 g/mol. The topological polar surface area (TPSA) is 97.7 Å². The molecule has 0 unspecified atom stereocenters. The van der Waals surface area contributed by atoms with Gasteiger partial charge in [-0.25, -0.2) is 5.43 Å². The van der Waals surface area contributed by atoms with Gasteiger partial charge < -0.3 is 4.42 Å². The minimum Gasteiger partial charge on any atom is -0.455 e. The predicted molar refractivity (Wildman–Crippen MR) is 107 cm³/mol. The largest absolute Gasteiger partial charge is 0.455 e. The summed E-state index contributed by atoms with van der Waals surface area (Å²) in [4.78, 5) is 22.1. The average molecular weight is 452 g/mol. The molecule has 0 aliphatic heterocycles. The molecule has 0 spiro atoms. The van der Waals surface area contributed by atoms with Gasteiger partial charge in [-0.2, -0.15) is 18.3 Å². The standard InChI is InChI=1S/C20H13ClF3N3O4/c21-17-10-14(27(29)30)4-6-16(17)18-7-5-15(31-18)11-25-26-19(28)9-12-2-1-3-13(8-12)20(22,23)24/h1-8,10-11H,9H2,(H,26,28)/b25-11+. The second kappa shape index (κ2) is 9.00. The molecule has 11 heteroatoms. The number of nitro groups is 1. The number of hydrazone groups is 1. The van der Waals surface area contributed by atoms with Gasteiger partial charge in [0, 0.05) is 17.7 Å². The van der Waals surface area contributed by atoms with E-state index in [9.17, 15) is 28.1 Å². The quantitative estimate of drug-likeness (QED) is 0.315. The molecule has 160 valence electrons. The van der Waals surface area contributed by atoms with E-state index in [0.717, 1.165) is 12.1 Å². The minimum atomic E-state index is -4.49. The van der Waals surface area contributed by atoms with Crippen molar-refractivity contribution >= 4 is 29.4 Å². The van der Waals surface area contributed by atoms with E-state index in [-0.39, 0.29) is 28.5 Å². The molecule has 0 saturated carbocycles. The zero-order valence-electron chi connectivity index (χ0n) is 15.5. The Morgan fingerprint density at radius 2 is 1.97 bits per heavy atom. The Kier molecular flexibility index (Phi) is 6.40. The molecule has 3 rings (SSSR count). The fourth-order valence-corrected chi connectivity index (χ4v) is 2.90. The van der Waals surface area contributed by atoms with Crippen molar-refractivity contribution in [1.29, 1.82) is 0 Å². The summed E-state index contributed by atoms with van der Waals surface area (Å²) in [5.74, 6) is -0.0267. The molecule has 0 bridgehead atoms. The summed E-state index contributed by atoms with van der Waals surface area (Å²) in [6.07, 6.45) is -3.58. The lowest BCUT2D eigenvalue weighted by atomic mass is 10.1. The Labute approximate surface area is 178 Å². The van der Waals surface area contributed by atoms with Crippen molar-refractivity contribution in [1.82, 2.24) is 5.43 Å². The van der Waals surface area contributed by atoms with Gasteiger partial charge in [0.2, 0.25) is 5.91 Å². The molecular formula is C20H13ClF3N3O4. The van der Waals surface area contributed by atoms with E-state index in [1.54, 1.807) is 6.07 Å². The maximum Gasteiger partial charge on any atom is 0.416 e. The number of hydrogen-bond acceptors (Lipinski definition) is 5. The van der Waals surface area contributed by atoms with E-state index in [0.29, 0.717) is 11.3 Å². The highest BCUT2D eigenvalue weighted by molar-refractivity contribution is 6.33. The molecule has 7 nitrogen and oxygen atoms in total. The highest BCUT2D eigenvalue weighted by atomic mass is 35.5. The molecule has 1 N–H and O–H groups in total. The summed E-state index contributed by atoms with van der Waals surface area (Å²) < 4.78 is 43.7. The van der Waals surface area contributed by atoms with Crippen LogP contribution in [0.1, 0.15) is 16.9 Å². The molecule has 2 aromatic carbocycles. The molecule has 0 aliphatic carbocycles. The van der Waals surface area contributed by atoms with E-state index in [1.807, 2.05) is 0 Å². The molecule has 0 atom stereocenters. The van der Waals surface area contributed by atoms with Crippen LogP contribution in [0.15, 0.2) is 64.1 Å². The third-order valence-corrected chi connectivity index (χ3v) is 4.37. The van der Waals surface area contributed by atoms with Crippen molar-refractivity contribution < 1.29 is 27.3 Å². The Bertz CT molecular complexity index is 1160. The van der Waals surface area contributed by atoms with Gasteiger partial charge in [0.25, 0.3) is 5.69 Å². The first kappa shape index (κ1) is 22.0. The molecule has 1 aromatic heterocycles. The molecule has 0 radical (unpaired) electrons. The van der Waals surface area contributed by atoms with Crippen LogP contribution in [0.2, 0.25) is 5.02 Å². The molecular weight excluding hydrogens is 439 g/mol. The predicted octanol–water partition coefficient (Wildman–Crippen LogP) is 5.22. The number of rotatable bonds is 6. The van der Waals surface area contributed by atoms with Gasteiger partial charge in [-0.15, -0.1) is 0 Å². The molecule has 1 amide bonds. The third kappa shape index (κ3) is 5.70. The fourth-order valence-electron chi connectivity index (χ4n) is 2.63. The van der Waals surface area contributed by atoms with Crippen LogP contribution in [0.3, 0.4) is 0 Å². The van der Waals surface area contributed by atoms with E-state index in [1.165, 1.54) is 42.6 Å². The highest BCUT2D eigenvalue weighted by Gasteiger charge is 2.30. The normalized spacial score (nSPS) is 11.6. The van der Waals surface area contributed by atoms with Crippen molar-refractivity contribution in [3.05, 3.63) is 86.6 Å². The smallest absolute Gasteiger partial charge is 0.416 e. The maximum atomic E-state index is 12.7. The molecule has 0 fully saturated rings. The average Bonchev–Trinajstić information content (AvgIpc) is 3.16. The van der Waals surface area contributed by atoms with E-state index in [2.05, 4.69) is 10.5 Å². The number of carbonyl (C=O) groups excluding carboxylic acids is 1. The van der Waals surface area contributed by atoms with Crippen molar-refractivity contribution in [2.75, 3.05) is 0 Å². The SMILES string of the molecule is O=C(Cc1cccc(C(F)(F)F)c1)N/N=C/c1ccc(-c2ccc([N+](=O)[O-])cc2Cl)o1. The second-order valence-electron chi connectivity index (χ2n) is 6.29. The van der Waals surface area contributed by atoms with E-state index < -0.39 is 22.6 Å². The van der Waals surface area contributed by atoms with E-state index >= 15 is 0 Å². The van der Waals surface area contributed by atoms with Gasteiger partial charge in [0.05, 0.1) is 28.1 Å². The van der Waals surface area contributed by atoms with E-state index in [4.69, 9.17) is 16.0 Å². The first-order chi connectivity index (χ1) is 14.6. The lowest BCUT2D eigenvalue weighted by molar-refractivity contribution is -0.384. The van der Waals surface area contributed by atoms with Crippen LogP contribution in [0.25, 0.3) is 11.3 Å². The number of alkyl halides is 3. The van der Waals surface area contributed by atoms with Crippen LogP contribution in [0.4, 0.5) is 18.9 Å². The summed E-state index contributed by atoms with van der Waals surface area (Å²) in [6, 6.07) is 11.5. The number of nitro benzene ring substituents is 1. The number of nitrogens with one attached hydrogen (secondary N) is 1. The number of furan rings is 1. The van der Waals surface area contributed by atoms with Gasteiger partial charge in [-0.1, -0.05) is 29.8 Å². The first-order valence-corrected chi connectivity index (χ1v) is 9.03. The van der Waals surface area contributed by atoms with Crippen molar-refractivity contribution in [2.24, 2.45) is 5.10 Å². The number of non-ortho nitro benzene ring substituents is 1. The van der Waals surface area contributed by atoms with Gasteiger partial charge in [0.1, 0.15) is 11.5 Å². The number of amides is 1. The van der Waals surface area contributed by atoms with Crippen molar-refractivity contribution in [3.63, 3.8) is 0 Å². The molecule has 1 heterocycles. The van der Waals surface area contributed by atoms with Gasteiger partial charge in [0.15, 0.2) is 0 Å². The lowest BCUT2D eigenvalue weighted by Gasteiger charge is -2.08. The number of hydrogen-bond donors (Lipinski definition) is 1. The van der Waals surface area contributed by atoms with Crippen LogP contribution in [-0.4, -0.2) is 17.0 Å². The zero-order chi connectivity index (χ0) is 22.6. The highest BCUT2D eigenvalue weighted by Crippen LogP contribution is 2.32. The van der Waals surface area contributed by atoms with Gasteiger partial charge >= 0.3 is 6.18 Å². The second-order valence-corrected chi connectivity index (χ2v) is 6.70. The summed E-state index contributed by atoms with van der Waals surface area (Å²) in [5.41, 5.74) is 1.83. The van der Waals surface area contributed by atoms with Crippen molar-refractivity contribution in [2.45, 2.75) is 12.6 Å². The Morgan fingerprint density at radius 1 is 1.19 bits per heavy atom. The zero-order valence-corrected chi connectivity index (χ0v) is 16.3. The summed E-state index contributed by atoms with van der Waals surface area (Å²) >= 11 is 6.05. The summed E-state index contributed by atoms with van der Waals surface area (Å²) in [6.45, 7) is 0. The lowest BCUT2D eigenvalue weighted by Crippen LogP contribution is -2.20. The van der Waals surface area contributed by atoms with Crippen LogP contribution < -0.4 is 5.43 Å². The Morgan fingerprint density at radius 3 is 2.65 bits per heavy atom. The molecule has 31 heavy (non-hydrogen) atoms. The molecule has 0 aliphatic rings. The number of halogens is 4. The Balaban J connectivity index is 1.62. The summed E-state index contributed by atoms with van der Waals surface area (Å²) in [5, 5.41) is 14.6. The third-order valence-electron chi connectivity index (χ3n) is 4.06. The Hall–Kier alpha value is -3.66. The molecule has 3 aromatic rings. The molecule has 0 saturated heterocycles. The van der Waals surface area contributed by atoms with Crippen molar-refractivity contribution in [3.8, 4) is 11.3 Å². The first-order valence-electron chi connectivity index (χ1n) is 8.65. The number of carbonyl (C=O) groups is 1. The number of benzene rings is 2. The maximum absolute atomic E-state index is 12.7. The van der Waals surface area contributed by atoms with Crippen LogP contribution >= 0.6 is 11.6 Å². The van der Waals surface area contributed by atoms with Crippen LogP contribution in [-0.2, 0) is 17.4 Å². The van der Waals surface area contributed by atoms with Crippen LogP contribution in [0.5, 0.6) is 0 Å². The summed E-state index contributed by atoms with van der Waals surface area (Å²) in [7, 11) is 0. The van der Waals surface area contributed by atoms with Gasteiger partial charge in [-0.3, -0.25) is 14.9 Å².